The molecule has 1 N–H and O–H groups in total. The van der Waals surface area contributed by atoms with Crippen LogP contribution in [0.25, 0.3) is 0 Å². The fraction of sp³-hybridized carbons (Fsp3) is 0.167. The van der Waals surface area contributed by atoms with Gasteiger partial charge in [0.2, 0.25) is 5.82 Å². The quantitative estimate of drug-likeness (QED) is 0.691. The number of aromatic nitrogens is 2. The summed E-state index contributed by atoms with van der Waals surface area (Å²) in [4.78, 5) is 18.7. The second kappa shape index (κ2) is 5.75. The average Bonchev–Trinajstić information content (AvgIpc) is 2.38. The van der Waals surface area contributed by atoms with Gasteiger partial charge in [-0.05, 0) is 34.5 Å². The number of nitro groups is 1. The van der Waals surface area contributed by atoms with Gasteiger partial charge in [-0.15, -0.1) is 0 Å². The Morgan fingerprint density at radius 3 is 2.95 bits per heavy atom. The van der Waals surface area contributed by atoms with E-state index >= 15 is 0 Å². The van der Waals surface area contributed by atoms with E-state index in [4.69, 9.17) is 0 Å². The Morgan fingerprint density at radius 2 is 2.26 bits per heavy atom. The molecule has 0 aliphatic heterocycles. The molecule has 0 amide bonds. The number of hydrogen-bond acceptors (Lipinski definition) is 5. The van der Waals surface area contributed by atoms with Gasteiger partial charge in [0, 0.05) is 22.9 Å². The van der Waals surface area contributed by atoms with Crippen LogP contribution in [0.1, 0.15) is 11.3 Å². The van der Waals surface area contributed by atoms with Crippen molar-refractivity contribution in [2.75, 3.05) is 5.32 Å². The lowest BCUT2D eigenvalue weighted by atomic mass is 10.2. The standard InChI is InChI=1S/C12H11BrN4O2/c1-8-3-2-4-14-10(8)7-16-12-11(17(18)19)5-9(13)6-15-12/h2-6H,7H2,1H3,(H,15,16). The third-order valence-corrected chi connectivity index (χ3v) is 3.01. The Kier molecular flexibility index (Phi) is 4.06. The van der Waals surface area contributed by atoms with Crippen molar-refractivity contribution in [2.45, 2.75) is 13.5 Å². The molecule has 2 rings (SSSR count). The van der Waals surface area contributed by atoms with Crippen molar-refractivity contribution in [3.8, 4) is 0 Å². The third kappa shape index (κ3) is 3.25. The van der Waals surface area contributed by atoms with Gasteiger partial charge in [-0.25, -0.2) is 4.98 Å². The van der Waals surface area contributed by atoms with Gasteiger partial charge in [-0.1, -0.05) is 6.07 Å². The fourth-order valence-corrected chi connectivity index (χ4v) is 1.89. The van der Waals surface area contributed by atoms with Crippen LogP contribution in [0, 0.1) is 17.0 Å². The van der Waals surface area contributed by atoms with Crippen molar-refractivity contribution in [1.82, 2.24) is 9.97 Å². The van der Waals surface area contributed by atoms with Gasteiger partial charge in [0.15, 0.2) is 0 Å². The van der Waals surface area contributed by atoms with E-state index in [2.05, 4.69) is 31.2 Å². The number of halogens is 1. The number of hydrogen-bond donors (Lipinski definition) is 1. The van der Waals surface area contributed by atoms with E-state index in [1.165, 1.54) is 12.3 Å². The van der Waals surface area contributed by atoms with Crippen LogP contribution in [0.2, 0.25) is 0 Å². The Bertz CT molecular complexity index is 618. The third-order valence-electron chi connectivity index (χ3n) is 2.57. The lowest BCUT2D eigenvalue weighted by Gasteiger charge is -2.07. The molecular weight excluding hydrogens is 312 g/mol. The zero-order chi connectivity index (χ0) is 13.8. The van der Waals surface area contributed by atoms with Crippen molar-refractivity contribution in [3.63, 3.8) is 0 Å². The van der Waals surface area contributed by atoms with E-state index in [0.29, 0.717) is 11.0 Å². The lowest BCUT2D eigenvalue weighted by Crippen LogP contribution is -2.07. The van der Waals surface area contributed by atoms with Gasteiger partial charge in [-0.2, -0.15) is 0 Å². The van der Waals surface area contributed by atoms with Crippen LogP contribution in [-0.4, -0.2) is 14.9 Å². The van der Waals surface area contributed by atoms with E-state index in [0.717, 1.165) is 11.3 Å². The maximum atomic E-state index is 10.9. The average molecular weight is 323 g/mol. The predicted molar refractivity (Wildman–Crippen MR) is 74.9 cm³/mol. The number of aryl methyl sites for hydroxylation is 1. The minimum atomic E-state index is -0.467. The second-order valence-electron chi connectivity index (χ2n) is 3.90. The molecule has 0 unspecified atom stereocenters. The van der Waals surface area contributed by atoms with Crippen LogP contribution in [0.5, 0.6) is 0 Å². The molecule has 19 heavy (non-hydrogen) atoms. The Hall–Kier alpha value is -2.02. The van der Waals surface area contributed by atoms with Crippen LogP contribution in [0.3, 0.4) is 0 Å². The zero-order valence-electron chi connectivity index (χ0n) is 10.1. The first-order chi connectivity index (χ1) is 9.08. The van der Waals surface area contributed by atoms with Gasteiger partial charge in [-0.3, -0.25) is 15.1 Å². The summed E-state index contributed by atoms with van der Waals surface area (Å²) < 4.78 is 0.568. The Labute approximate surface area is 118 Å². The molecule has 0 spiro atoms. The summed E-state index contributed by atoms with van der Waals surface area (Å²) in [6.45, 7) is 2.33. The second-order valence-corrected chi connectivity index (χ2v) is 4.81. The van der Waals surface area contributed by atoms with Gasteiger partial charge >= 0.3 is 5.69 Å². The van der Waals surface area contributed by atoms with Crippen molar-refractivity contribution < 1.29 is 4.92 Å². The minimum absolute atomic E-state index is 0.0667. The molecule has 0 aliphatic carbocycles. The van der Waals surface area contributed by atoms with Crippen LogP contribution in [-0.2, 0) is 6.54 Å². The largest absolute Gasteiger partial charge is 0.359 e. The van der Waals surface area contributed by atoms with Gasteiger partial charge < -0.3 is 5.32 Å². The molecule has 98 valence electrons. The molecule has 0 aliphatic rings. The molecule has 0 fully saturated rings. The molecule has 0 aromatic carbocycles. The first-order valence-corrected chi connectivity index (χ1v) is 6.31. The van der Waals surface area contributed by atoms with Crippen LogP contribution in [0.15, 0.2) is 35.1 Å². The maximum absolute atomic E-state index is 10.9. The van der Waals surface area contributed by atoms with E-state index in [1.54, 1.807) is 6.20 Å². The van der Waals surface area contributed by atoms with E-state index in [1.807, 2.05) is 19.1 Å². The van der Waals surface area contributed by atoms with Crippen molar-refractivity contribution in [3.05, 3.63) is 56.4 Å². The van der Waals surface area contributed by atoms with Crippen LogP contribution in [0.4, 0.5) is 11.5 Å². The van der Waals surface area contributed by atoms with Gasteiger partial charge in [0.05, 0.1) is 17.2 Å². The number of anilines is 1. The molecule has 0 atom stereocenters. The van der Waals surface area contributed by atoms with Crippen molar-refractivity contribution in [2.24, 2.45) is 0 Å². The first kappa shape index (κ1) is 13.4. The molecule has 0 radical (unpaired) electrons. The first-order valence-electron chi connectivity index (χ1n) is 5.52. The van der Waals surface area contributed by atoms with E-state index in [-0.39, 0.29) is 11.5 Å². The maximum Gasteiger partial charge on any atom is 0.312 e. The molecule has 2 aromatic heterocycles. The molecule has 0 bridgehead atoms. The summed E-state index contributed by atoms with van der Waals surface area (Å²) in [6.07, 6.45) is 3.20. The Balaban J connectivity index is 2.20. The summed E-state index contributed by atoms with van der Waals surface area (Å²) in [7, 11) is 0. The summed E-state index contributed by atoms with van der Waals surface area (Å²) in [5.74, 6) is 0.234. The highest BCUT2D eigenvalue weighted by molar-refractivity contribution is 9.10. The Morgan fingerprint density at radius 1 is 1.47 bits per heavy atom. The highest BCUT2D eigenvalue weighted by Gasteiger charge is 2.15. The van der Waals surface area contributed by atoms with E-state index < -0.39 is 4.92 Å². The normalized spacial score (nSPS) is 10.2. The highest BCUT2D eigenvalue weighted by Crippen LogP contribution is 2.25. The molecular formula is C12H11BrN4O2. The lowest BCUT2D eigenvalue weighted by molar-refractivity contribution is -0.384. The van der Waals surface area contributed by atoms with Gasteiger partial charge in [0.1, 0.15) is 0 Å². The number of nitrogens with zero attached hydrogens (tertiary/aromatic N) is 3. The van der Waals surface area contributed by atoms with Crippen LogP contribution < -0.4 is 5.32 Å². The van der Waals surface area contributed by atoms with Gasteiger partial charge in [0.25, 0.3) is 0 Å². The molecule has 0 saturated heterocycles. The number of rotatable bonds is 4. The summed E-state index contributed by atoms with van der Waals surface area (Å²) in [5.41, 5.74) is 1.79. The molecule has 2 aromatic rings. The highest BCUT2D eigenvalue weighted by atomic mass is 79.9. The van der Waals surface area contributed by atoms with E-state index in [9.17, 15) is 10.1 Å². The summed E-state index contributed by atoms with van der Waals surface area (Å²) >= 11 is 3.17. The van der Waals surface area contributed by atoms with Crippen molar-refractivity contribution >= 4 is 27.4 Å². The SMILES string of the molecule is Cc1cccnc1CNc1ncc(Br)cc1[N+](=O)[O-]. The molecule has 0 saturated carbocycles. The molecule has 2 heterocycles. The topological polar surface area (TPSA) is 81.0 Å². The molecule has 7 heteroatoms. The monoisotopic (exact) mass is 322 g/mol. The number of nitrogens with one attached hydrogen (secondary N) is 1. The predicted octanol–water partition coefficient (Wildman–Crippen LogP) is 3.07. The van der Waals surface area contributed by atoms with Crippen LogP contribution >= 0.6 is 15.9 Å². The fourth-order valence-electron chi connectivity index (χ4n) is 1.57. The summed E-state index contributed by atoms with van der Waals surface area (Å²) in [6, 6.07) is 5.20. The summed E-state index contributed by atoms with van der Waals surface area (Å²) in [5, 5.41) is 13.9. The van der Waals surface area contributed by atoms with Crippen molar-refractivity contribution in [1.29, 1.82) is 0 Å². The number of pyridine rings is 2. The zero-order valence-corrected chi connectivity index (χ0v) is 11.7. The minimum Gasteiger partial charge on any atom is -0.359 e. The molecule has 6 nitrogen and oxygen atoms in total. The smallest absolute Gasteiger partial charge is 0.312 e.